The number of aliphatic hydroxyl groups excluding tert-OH is 1. The fourth-order valence-electron chi connectivity index (χ4n) is 3.64. The van der Waals surface area contributed by atoms with E-state index >= 15 is 0 Å². The number of nitrogens with two attached hydrogens (primary N) is 1. The third kappa shape index (κ3) is 3.66. The number of amides is 2. The summed E-state index contributed by atoms with van der Waals surface area (Å²) in [6.45, 7) is 1.08. The molecule has 2 atom stereocenters. The number of carbonyl (C=O) groups is 2. The molecule has 1 aliphatic rings. The van der Waals surface area contributed by atoms with Gasteiger partial charge in [-0.05, 0) is 36.8 Å². The first-order chi connectivity index (χ1) is 14.0. The number of pyridine rings is 1. The number of primary amides is 1. The average Bonchev–Trinajstić information content (AvgIpc) is 3.24. The minimum Gasteiger partial charge on any atom is -0.490 e. The molecule has 1 aliphatic carbocycles. The molecule has 2 amide bonds. The van der Waals surface area contributed by atoms with Crippen molar-refractivity contribution in [2.75, 3.05) is 6.61 Å². The average molecular weight is 395 g/mol. The third-order valence-electron chi connectivity index (χ3n) is 5.05. The molecule has 1 aromatic carbocycles. The highest BCUT2D eigenvalue weighted by molar-refractivity contribution is 6.08. The van der Waals surface area contributed by atoms with Gasteiger partial charge in [0.25, 0.3) is 5.91 Å². The highest BCUT2D eigenvalue weighted by Gasteiger charge is 2.26. The summed E-state index contributed by atoms with van der Waals surface area (Å²) in [5.41, 5.74) is 8.21. The topological polar surface area (TPSA) is 128 Å². The first-order valence-electron chi connectivity index (χ1n) is 9.30. The summed E-state index contributed by atoms with van der Waals surface area (Å²) < 4.78 is 11.8. The molecule has 1 unspecified atom stereocenters. The predicted molar refractivity (Wildman–Crippen MR) is 105 cm³/mol. The van der Waals surface area contributed by atoms with E-state index < -0.39 is 24.5 Å². The van der Waals surface area contributed by atoms with Crippen LogP contribution < -0.4 is 15.8 Å². The van der Waals surface area contributed by atoms with Gasteiger partial charge in [0, 0.05) is 30.1 Å². The Kier molecular flexibility index (Phi) is 4.94. The van der Waals surface area contributed by atoms with E-state index in [1.165, 1.54) is 5.56 Å². The van der Waals surface area contributed by atoms with Gasteiger partial charge in [-0.25, -0.2) is 0 Å². The van der Waals surface area contributed by atoms with Crippen molar-refractivity contribution in [2.24, 2.45) is 5.73 Å². The van der Waals surface area contributed by atoms with Crippen molar-refractivity contribution in [2.45, 2.75) is 31.9 Å². The van der Waals surface area contributed by atoms with E-state index in [-0.39, 0.29) is 11.7 Å². The Labute approximate surface area is 166 Å². The number of benzene rings is 1. The number of aliphatic hydroxyl groups is 1. The zero-order chi connectivity index (χ0) is 20.5. The van der Waals surface area contributed by atoms with Crippen LogP contribution in [0.15, 0.2) is 40.9 Å². The van der Waals surface area contributed by atoms with Gasteiger partial charge in [-0.3, -0.25) is 14.6 Å². The fourth-order valence-corrected chi connectivity index (χ4v) is 3.64. The van der Waals surface area contributed by atoms with Crippen LogP contribution in [0.25, 0.3) is 11.0 Å². The van der Waals surface area contributed by atoms with Gasteiger partial charge in [0.15, 0.2) is 0 Å². The first-order valence-corrected chi connectivity index (χ1v) is 9.30. The standard InChI is InChI=1S/C21H21N3O5/c1-11-19(21(27)24-17(10-25)20(22)26)15-8-13(4-5-18(15)28-11)29-14-7-12-3-2-6-23-16(12)9-14/h2-6,8,14,17,25H,7,9-10H2,1H3,(H2,22,26)(H,24,27)/t14?,17-/m0/s1. The van der Waals surface area contributed by atoms with Gasteiger partial charge < -0.3 is 25.3 Å². The van der Waals surface area contributed by atoms with Crippen LogP contribution in [-0.4, -0.2) is 40.7 Å². The van der Waals surface area contributed by atoms with Crippen molar-refractivity contribution in [3.63, 3.8) is 0 Å². The molecule has 29 heavy (non-hydrogen) atoms. The number of aryl methyl sites for hydroxylation is 1. The summed E-state index contributed by atoms with van der Waals surface area (Å²) in [4.78, 5) is 28.4. The lowest BCUT2D eigenvalue weighted by atomic mass is 10.1. The molecular formula is C21H21N3O5. The number of rotatable bonds is 6. The second kappa shape index (κ2) is 7.56. The Morgan fingerprint density at radius 1 is 1.38 bits per heavy atom. The minimum absolute atomic E-state index is 0.0312. The third-order valence-corrected chi connectivity index (χ3v) is 5.05. The van der Waals surface area contributed by atoms with Crippen molar-refractivity contribution in [1.29, 1.82) is 0 Å². The second-order valence-corrected chi connectivity index (χ2v) is 7.06. The highest BCUT2D eigenvalue weighted by Crippen LogP contribution is 2.31. The lowest BCUT2D eigenvalue weighted by Crippen LogP contribution is -2.46. The van der Waals surface area contributed by atoms with Crippen molar-refractivity contribution in [3.8, 4) is 5.75 Å². The number of carbonyl (C=O) groups excluding carboxylic acids is 2. The van der Waals surface area contributed by atoms with Crippen LogP contribution in [0.3, 0.4) is 0 Å². The number of furan rings is 1. The molecule has 150 valence electrons. The van der Waals surface area contributed by atoms with E-state index in [0.717, 1.165) is 18.5 Å². The smallest absolute Gasteiger partial charge is 0.256 e. The summed E-state index contributed by atoms with van der Waals surface area (Å²) in [5, 5.41) is 12.2. The number of hydrogen-bond donors (Lipinski definition) is 3. The number of hydrogen-bond acceptors (Lipinski definition) is 6. The maximum atomic E-state index is 12.7. The van der Waals surface area contributed by atoms with Crippen LogP contribution in [-0.2, 0) is 17.6 Å². The fraction of sp³-hybridized carbons (Fsp3) is 0.286. The second-order valence-electron chi connectivity index (χ2n) is 7.06. The first kappa shape index (κ1) is 18.9. The molecule has 2 heterocycles. The molecule has 4 N–H and O–H groups in total. The molecule has 0 bridgehead atoms. The Morgan fingerprint density at radius 2 is 2.21 bits per heavy atom. The summed E-state index contributed by atoms with van der Waals surface area (Å²) >= 11 is 0. The molecule has 0 saturated heterocycles. The van der Waals surface area contributed by atoms with Crippen molar-refractivity contribution >= 4 is 22.8 Å². The molecule has 0 radical (unpaired) electrons. The quantitative estimate of drug-likeness (QED) is 0.576. The number of nitrogens with one attached hydrogen (secondary N) is 1. The Balaban J connectivity index is 1.58. The summed E-state index contributed by atoms with van der Waals surface area (Å²) in [6.07, 6.45) is 3.24. The van der Waals surface area contributed by atoms with E-state index in [1.807, 2.05) is 12.1 Å². The van der Waals surface area contributed by atoms with Crippen LogP contribution in [0.4, 0.5) is 0 Å². The Hall–Kier alpha value is -3.39. The zero-order valence-electron chi connectivity index (χ0n) is 15.8. The molecule has 0 fully saturated rings. The Morgan fingerprint density at radius 3 is 2.93 bits per heavy atom. The van der Waals surface area contributed by atoms with Crippen LogP contribution in [0.2, 0.25) is 0 Å². The van der Waals surface area contributed by atoms with Crippen LogP contribution in [0, 0.1) is 6.92 Å². The number of aromatic nitrogens is 1. The number of nitrogens with zero attached hydrogens (tertiary/aromatic N) is 1. The molecule has 0 aliphatic heterocycles. The van der Waals surface area contributed by atoms with Crippen molar-refractivity contribution in [3.05, 3.63) is 59.1 Å². The van der Waals surface area contributed by atoms with Gasteiger partial charge in [-0.1, -0.05) is 6.07 Å². The normalized spacial score (nSPS) is 16.4. The van der Waals surface area contributed by atoms with E-state index in [0.29, 0.717) is 22.5 Å². The largest absolute Gasteiger partial charge is 0.490 e. The lowest BCUT2D eigenvalue weighted by molar-refractivity contribution is -0.120. The van der Waals surface area contributed by atoms with Gasteiger partial charge in [0.1, 0.15) is 29.2 Å². The molecule has 0 saturated carbocycles. The van der Waals surface area contributed by atoms with Crippen LogP contribution in [0.5, 0.6) is 5.75 Å². The number of fused-ring (bicyclic) bond motifs is 2. The highest BCUT2D eigenvalue weighted by atomic mass is 16.5. The van der Waals surface area contributed by atoms with Gasteiger partial charge in [0.2, 0.25) is 5.91 Å². The molecular weight excluding hydrogens is 374 g/mol. The van der Waals surface area contributed by atoms with Crippen LogP contribution in [0.1, 0.15) is 27.4 Å². The molecule has 8 nitrogen and oxygen atoms in total. The van der Waals surface area contributed by atoms with Crippen molar-refractivity contribution < 1.29 is 23.8 Å². The van der Waals surface area contributed by atoms with E-state index in [2.05, 4.69) is 10.3 Å². The van der Waals surface area contributed by atoms with Crippen molar-refractivity contribution in [1.82, 2.24) is 10.3 Å². The van der Waals surface area contributed by atoms with Gasteiger partial charge >= 0.3 is 0 Å². The number of ether oxygens (including phenoxy) is 1. The van der Waals surface area contributed by atoms with E-state index in [4.69, 9.17) is 14.9 Å². The molecule has 3 aromatic rings. The van der Waals surface area contributed by atoms with Gasteiger partial charge in [-0.15, -0.1) is 0 Å². The molecule has 2 aromatic heterocycles. The monoisotopic (exact) mass is 395 g/mol. The molecule has 4 rings (SSSR count). The minimum atomic E-state index is -1.17. The lowest BCUT2D eigenvalue weighted by Gasteiger charge is -2.14. The van der Waals surface area contributed by atoms with Gasteiger partial charge in [-0.2, -0.15) is 0 Å². The maximum absolute atomic E-state index is 12.7. The summed E-state index contributed by atoms with van der Waals surface area (Å²) in [5.74, 6) is -0.356. The zero-order valence-corrected chi connectivity index (χ0v) is 15.8. The molecule has 8 heteroatoms. The van der Waals surface area contributed by atoms with Crippen LogP contribution >= 0.6 is 0 Å². The molecule has 0 spiro atoms. The maximum Gasteiger partial charge on any atom is 0.256 e. The Bertz CT molecular complexity index is 1070. The summed E-state index contributed by atoms with van der Waals surface area (Å²) in [6, 6.07) is 8.08. The SMILES string of the molecule is Cc1oc2ccc(OC3Cc4cccnc4C3)cc2c1C(=O)N[C@@H](CO)C(N)=O. The van der Waals surface area contributed by atoms with E-state index in [9.17, 15) is 14.7 Å². The predicted octanol–water partition coefficient (Wildman–Crippen LogP) is 1.26. The summed E-state index contributed by atoms with van der Waals surface area (Å²) in [7, 11) is 0. The van der Waals surface area contributed by atoms with Gasteiger partial charge in [0.05, 0.1) is 12.2 Å². The van der Waals surface area contributed by atoms with E-state index in [1.54, 1.807) is 31.3 Å².